The number of benzene rings is 1. The maximum atomic E-state index is 4.31. The molecule has 0 saturated heterocycles. The predicted octanol–water partition coefficient (Wildman–Crippen LogP) is 2.96. The van der Waals surface area contributed by atoms with Gasteiger partial charge < -0.3 is 5.32 Å². The first-order valence-electron chi connectivity index (χ1n) is 4.04. The molecule has 0 unspecified atom stereocenters. The van der Waals surface area contributed by atoms with Crippen LogP contribution in [0.2, 0.25) is 0 Å². The van der Waals surface area contributed by atoms with Gasteiger partial charge in [0.1, 0.15) is 0 Å². The quantitative estimate of drug-likeness (QED) is 0.836. The molecule has 0 saturated carbocycles. The van der Waals surface area contributed by atoms with E-state index >= 15 is 0 Å². The molecule has 0 atom stereocenters. The highest BCUT2D eigenvalue weighted by molar-refractivity contribution is 9.10. The van der Waals surface area contributed by atoms with E-state index in [0.29, 0.717) is 0 Å². The molecule has 68 valence electrons. The fraction of sp³-hybridized carbons (Fsp3) is 0.222. The first kappa shape index (κ1) is 9.09. The summed E-state index contributed by atoms with van der Waals surface area (Å²) in [5, 5.41) is 4.29. The van der Waals surface area contributed by atoms with E-state index in [-0.39, 0.29) is 0 Å². The molecular weight excluding hydrogens is 248 g/mol. The number of thioether (sulfide) groups is 1. The number of halogens is 1. The largest absolute Gasteiger partial charge is 0.335 e. The number of hydrogen-bond acceptors (Lipinski definition) is 3. The zero-order valence-electron chi connectivity index (χ0n) is 6.96. The maximum absolute atomic E-state index is 4.31. The fourth-order valence-corrected chi connectivity index (χ4v) is 2.25. The molecule has 2 rings (SSSR count). The predicted molar refractivity (Wildman–Crippen MR) is 62.5 cm³/mol. The van der Waals surface area contributed by atoms with Gasteiger partial charge in [0.15, 0.2) is 5.17 Å². The summed E-state index contributed by atoms with van der Waals surface area (Å²) in [5.74, 6) is 1.09. The van der Waals surface area contributed by atoms with Gasteiger partial charge in [0.05, 0.1) is 6.54 Å². The number of nitrogens with zero attached hydrogens (tertiary/aromatic N) is 1. The Labute approximate surface area is 90.0 Å². The fourth-order valence-electron chi connectivity index (χ4n) is 1.10. The summed E-state index contributed by atoms with van der Waals surface area (Å²) >= 11 is 5.19. The van der Waals surface area contributed by atoms with E-state index in [2.05, 4.69) is 26.2 Å². The van der Waals surface area contributed by atoms with Gasteiger partial charge in [-0.15, -0.1) is 0 Å². The average Bonchev–Trinajstić information content (AvgIpc) is 2.57. The van der Waals surface area contributed by atoms with Crippen LogP contribution in [0.5, 0.6) is 0 Å². The van der Waals surface area contributed by atoms with Crippen molar-refractivity contribution < 1.29 is 0 Å². The summed E-state index contributed by atoms with van der Waals surface area (Å²) in [6.45, 7) is 0.932. The molecule has 4 heteroatoms. The van der Waals surface area contributed by atoms with E-state index in [4.69, 9.17) is 0 Å². The highest BCUT2D eigenvalue weighted by Crippen LogP contribution is 2.19. The normalized spacial score (nSPS) is 15.6. The number of hydrogen-bond donors (Lipinski definition) is 1. The molecule has 1 aromatic carbocycles. The van der Waals surface area contributed by atoms with Gasteiger partial charge in [-0.3, -0.25) is 4.99 Å². The lowest BCUT2D eigenvalue weighted by Crippen LogP contribution is -2.04. The topological polar surface area (TPSA) is 24.4 Å². The van der Waals surface area contributed by atoms with Crippen LogP contribution in [0.4, 0.5) is 5.69 Å². The minimum absolute atomic E-state index is 0.932. The third-order valence-corrected chi connectivity index (χ3v) is 3.05. The Bertz CT molecular complexity index is 338. The second-order valence-corrected chi connectivity index (χ2v) is 4.67. The standard InChI is InChI=1S/C9H9BrN2S/c10-7-2-1-3-8(6-7)12-9-11-4-5-13-9/h1-3,6H,4-5H2,(H,11,12). The second-order valence-electron chi connectivity index (χ2n) is 2.67. The average molecular weight is 257 g/mol. The number of aliphatic imine (C=N–C) groups is 1. The van der Waals surface area contributed by atoms with E-state index < -0.39 is 0 Å². The lowest BCUT2D eigenvalue weighted by atomic mass is 10.3. The van der Waals surface area contributed by atoms with Crippen molar-refractivity contribution in [1.82, 2.24) is 0 Å². The minimum atomic E-state index is 0.932. The van der Waals surface area contributed by atoms with E-state index in [9.17, 15) is 0 Å². The van der Waals surface area contributed by atoms with Gasteiger partial charge in [-0.2, -0.15) is 0 Å². The third kappa shape index (κ3) is 2.48. The Morgan fingerprint density at radius 1 is 1.46 bits per heavy atom. The lowest BCUT2D eigenvalue weighted by Gasteiger charge is -2.04. The minimum Gasteiger partial charge on any atom is -0.335 e. The Kier molecular flexibility index (Phi) is 2.90. The van der Waals surface area contributed by atoms with E-state index in [1.54, 1.807) is 11.8 Å². The van der Waals surface area contributed by atoms with Crippen molar-refractivity contribution in [2.75, 3.05) is 17.6 Å². The highest BCUT2D eigenvalue weighted by atomic mass is 79.9. The van der Waals surface area contributed by atoms with Crippen molar-refractivity contribution in [2.24, 2.45) is 4.99 Å². The van der Waals surface area contributed by atoms with Crippen LogP contribution in [-0.2, 0) is 0 Å². The summed E-state index contributed by atoms with van der Waals surface area (Å²) < 4.78 is 1.08. The van der Waals surface area contributed by atoms with Gasteiger partial charge in [0.2, 0.25) is 0 Å². The molecule has 0 spiro atoms. The third-order valence-electron chi connectivity index (χ3n) is 1.66. The van der Waals surface area contributed by atoms with Crippen molar-refractivity contribution in [1.29, 1.82) is 0 Å². The lowest BCUT2D eigenvalue weighted by molar-refractivity contribution is 1.17. The maximum Gasteiger partial charge on any atom is 0.161 e. The Morgan fingerprint density at radius 2 is 2.38 bits per heavy atom. The molecule has 0 bridgehead atoms. The highest BCUT2D eigenvalue weighted by Gasteiger charge is 2.06. The molecule has 1 N–H and O–H groups in total. The van der Waals surface area contributed by atoms with Gasteiger partial charge in [-0.1, -0.05) is 33.8 Å². The Hall–Kier alpha value is -0.480. The molecule has 0 aromatic heterocycles. The van der Waals surface area contributed by atoms with Gasteiger partial charge >= 0.3 is 0 Å². The van der Waals surface area contributed by atoms with Gasteiger partial charge in [0, 0.05) is 15.9 Å². The summed E-state index contributed by atoms with van der Waals surface area (Å²) in [6.07, 6.45) is 0. The van der Waals surface area contributed by atoms with Crippen molar-refractivity contribution in [3.8, 4) is 0 Å². The van der Waals surface area contributed by atoms with E-state index in [0.717, 1.165) is 27.6 Å². The number of rotatable bonds is 1. The summed E-state index contributed by atoms with van der Waals surface area (Å²) in [5.41, 5.74) is 1.09. The monoisotopic (exact) mass is 256 g/mol. The van der Waals surface area contributed by atoms with Crippen molar-refractivity contribution in [3.63, 3.8) is 0 Å². The van der Waals surface area contributed by atoms with Crippen molar-refractivity contribution >= 4 is 38.5 Å². The van der Waals surface area contributed by atoms with Crippen LogP contribution < -0.4 is 5.32 Å². The van der Waals surface area contributed by atoms with E-state index in [1.807, 2.05) is 24.3 Å². The van der Waals surface area contributed by atoms with Crippen LogP contribution in [0.3, 0.4) is 0 Å². The van der Waals surface area contributed by atoms with Crippen molar-refractivity contribution in [2.45, 2.75) is 0 Å². The summed E-state index contributed by atoms with van der Waals surface area (Å²) in [4.78, 5) is 4.31. The molecular formula is C9H9BrN2S. The van der Waals surface area contributed by atoms with Crippen LogP contribution >= 0.6 is 27.7 Å². The molecule has 1 aliphatic rings. The molecule has 1 aromatic rings. The van der Waals surface area contributed by atoms with Gasteiger partial charge in [-0.25, -0.2) is 0 Å². The SMILES string of the molecule is Brc1cccc(NC2=NCCS2)c1. The Morgan fingerprint density at radius 3 is 3.08 bits per heavy atom. The van der Waals surface area contributed by atoms with Crippen LogP contribution in [0.25, 0.3) is 0 Å². The van der Waals surface area contributed by atoms with Gasteiger partial charge in [-0.05, 0) is 18.2 Å². The first-order valence-corrected chi connectivity index (χ1v) is 5.82. The number of nitrogens with one attached hydrogen (secondary N) is 1. The smallest absolute Gasteiger partial charge is 0.161 e. The second kappa shape index (κ2) is 4.15. The molecule has 0 amide bonds. The van der Waals surface area contributed by atoms with Crippen LogP contribution in [0.15, 0.2) is 33.7 Å². The van der Waals surface area contributed by atoms with Crippen LogP contribution in [0, 0.1) is 0 Å². The molecule has 2 nitrogen and oxygen atoms in total. The molecule has 0 radical (unpaired) electrons. The zero-order valence-corrected chi connectivity index (χ0v) is 9.36. The van der Waals surface area contributed by atoms with E-state index in [1.165, 1.54) is 0 Å². The first-order chi connectivity index (χ1) is 6.34. The number of amidine groups is 1. The molecule has 1 heterocycles. The van der Waals surface area contributed by atoms with Gasteiger partial charge in [0.25, 0.3) is 0 Å². The Balaban J connectivity index is 2.09. The summed E-state index contributed by atoms with van der Waals surface area (Å²) in [7, 11) is 0. The molecule has 0 aliphatic carbocycles. The summed E-state index contributed by atoms with van der Waals surface area (Å²) in [6, 6.07) is 8.09. The number of anilines is 1. The van der Waals surface area contributed by atoms with Crippen molar-refractivity contribution in [3.05, 3.63) is 28.7 Å². The molecule has 1 aliphatic heterocycles. The van der Waals surface area contributed by atoms with Crippen LogP contribution in [-0.4, -0.2) is 17.5 Å². The molecule has 0 fully saturated rings. The van der Waals surface area contributed by atoms with Crippen LogP contribution in [0.1, 0.15) is 0 Å². The zero-order chi connectivity index (χ0) is 9.10. The molecule has 13 heavy (non-hydrogen) atoms.